The molecule has 0 aliphatic rings. The van der Waals surface area contributed by atoms with Crippen molar-refractivity contribution in [3.63, 3.8) is 0 Å². The molecule has 2 rings (SSSR count). The quantitative estimate of drug-likeness (QED) is 0.428. The zero-order valence-electron chi connectivity index (χ0n) is 13.3. The van der Waals surface area contributed by atoms with Crippen LogP contribution >= 0.6 is 0 Å². The average Bonchev–Trinajstić information content (AvgIpc) is 3.08. The van der Waals surface area contributed by atoms with E-state index >= 15 is 0 Å². The van der Waals surface area contributed by atoms with Gasteiger partial charge in [-0.05, 0) is 5.56 Å². The molecule has 2 unspecified atom stereocenters. The highest BCUT2D eigenvalue weighted by Crippen LogP contribution is 2.07. The summed E-state index contributed by atoms with van der Waals surface area (Å²) >= 11 is 0. The van der Waals surface area contributed by atoms with Gasteiger partial charge >= 0.3 is 12.0 Å². The van der Waals surface area contributed by atoms with Crippen LogP contribution in [0, 0.1) is 0 Å². The predicted octanol–water partition coefficient (Wildman–Crippen LogP) is -0.443. The van der Waals surface area contributed by atoms with Gasteiger partial charge in [-0.25, -0.2) is 9.59 Å². The van der Waals surface area contributed by atoms with Gasteiger partial charge in [0, 0.05) is 6.42 Å². The number of aromatic nitrogens is 2. The zero-order valence-corrected chi connectivity index (χ0v) is 13.3. The molecule has 1 heterocycles. The zero-order chi connectivity index (χ0) is 18.2. The fraction of sp³-hybridized carbons (Fsp3) is 0.333. The van der Waals surface area contributed by atoms with Crippen molar-refractivity contribution in [2.45, 2.75) is 25.0 Å². The van der Waals surface area contributed by atoms with Crippen LogP contribution in [0.4, 0.5) is 4.79 Å². The van der Waals surface area contributed by atoms with Gasteiger partial charge in [-0.3, -0.25) is 0 Å². The Labute approximate surface area is 143 Å². The number of aliphatic hydroxyl groups excluding tert-OH is 1. The van der Waals surface area contributed by atoms with E-state index in [-0.39, 0.29) is 31.4 Å². The van der Waals surface area contributed by atoms with Crippen LogP contribution in [0.5, 0.6) is 0 Å². The van der Waals surface area contributed by atoms with E-state index in [4.69, 9.17) is 15.3 Å². The van der Waals surface area contributed by atoms with Crippen molar-refractivity contribution in [3.8, 4) is 0 Å². The number of nitrogens with one attached hydrogen (secondary N) is 2. The summed E-state index contributed by atoms with van der Waals surface area (Å²) in [6, 6.07) is 6.40. The van der Waals surface area contributed by atoms with E-state index in [1.54, 1.807) is 24.3 Å². The smallest absolute Gasteiger partial charge is 0.326 e. The number of rotatable bonds is 8. The summed E-state index contributed by atoms with van der Waals surface area (Å²) < 4.78 is 5.17. The van der Waals surface area contributed by atoms with E-state index in [0.29, 0.717) is 0 Å². The molecule has 1 aromatic heterocycles. The Morgan fingerprint density at radius 3 is 2.60 bits per heavy atom. The lowest BCUT2D eigenvalue weighted by Gasteiger charge is -2.14. The second kappa shape index (κ2) is 8.76. The Balaban J connectivity index is 1.86. The number of carboxylic acids is 1. The molecule has 0 saturated heterocycles. The van der Waals surface area contributed by atoms with Gasteiger partial charge in [0.25, 0.3) is 0 Å². The van der Waals surface area contributed by atoms with Crippen molar-refractivity contribution >= 4 is 12.0 Å². The number of carbonyl (C=O) groups excluding carboxylic acids is 1. The number of amides is 2. The first-order valence-corrected chi connectivity index (χ1v) is 7.49. The average molecular weight is 349 g/mol. The van der Waals surface area contributed by atoms with Crippen LogP contribution in [0.15, 0.2) is 34.7 Å². The highest BCUT2D eigenvalue weighted by molar-refractivity contribution is 5.82. The monoisotopic (exact) mass is 349 g/mol. The molecular formula is C15H19N5O5. The molecule has 0 saturated carbocycles. The molecule has 1 aromatic carbocycles. The van der Waals surface area contributed by atoms with Gasteiger partial charge in [0.05, 0.1) is 13.2 Å². The topological polar surface area (TPSA) is 164 Å². The number of aliphatic carboxylic acids is 1. The van der Waals surface area contributed by atoms with Gasteiger partial charge in [0.1, 0.15) is 12.1 Å². The number of aliphatic hydroxyl groups is 1. The van der Waals surface area contributed by atoms with E-state index in [9.17, 15) is 14.7 Å². The van der Waals surface area contributed by atoms with E-state index in [1.807, 2.05) is 6.07 Å². The molecule has 6 N–H and O–H groups in total. The minimum absolute atomic E-state index is 0.0483. The van der Waals surface area contributed by atoms with Crippen molar-refractivity contribution < 1.29 is 24.2 Å². The third-order valence-corrected chi connectivity index (χ3v) is 3.28. The van der Waals surface area contributed by atoms with Crippen LogP contribution in [-0.4, -0.2) is 45.1 Å². The second-order valence-corrected chi connectivity index (χ2v) is 5.23. The van der Waals surface area contributed by atoms with Crippen molar-refractivity contribution in [2.75, 3.05) is 6.61 Å². The third kappa shape index (κ3) is 5.55. The van der Waals surface area contributed by atoms with Crippen molar-refractivity contribution in [1.29, 1.82) is 0 Å². The normalized spacial score (nSPS) is 13.0. The first-order valence-electron chi connectivity index (χ1n) is 7.49. The number of nitrogens with two attached hydrogens (primary N) is 1. The van der Waals surface area contributed by atoms with Crippen molar-refractivity contribution in [3.05, 3.63) is 47.7 Å². The summed E-state index contributed by atoms with van der Waals surface area (Å²) in [5.74, 6) is -1.01. The van der Waals surface area contributed by atoms with Crippen LogP contribution in [-0.2, 0) is 17.8 Å². The molecular weight excluding hydrogens is 330 g/mol. The molecule has 2 amide bonds. The molecule has 2 aromatic rings. The van der Waals surface area contributed by atoms with Gasteiger partial charge in [-0.1, -0.05) is 30.3 Å². The van der Waals surface area contributed by atoms with Gasteiger partial charge < -0.3 is 31.0 Å². The standard InChI is InChI=1S/C15H19N5O5/c16-10(8-21)13-20-19-12(25-13)7-17-15(24)18-11(14(22)23)6-9-4-2-1-3-5-9/h1-5,10-11,21H,6-8,16H2,(H,22,23)(H2,17,18,24). The summed E-state index contributed by atoms with van der Waals surface area (Å²) in [6.45, 7) is -0.454. The van der Waals surface area contributed by atoms with Crippen LogP contribution < -0.4 is 16.4 Å². The van der Waals surface area contributed by atoms with Crippen LogP contribution in [0.2, 0.25) is 0 Å². The van der Waals surface area contributed by atoms with Crippen LogP contribution in [0.1, 0.15) is 23.4 Å². The SMILES string of the molecule is NC(CO)c1nnc(CNC(=O)NC(Cc2ccccc2)C(=O)O)o1. The Morgan fingerprint density at radius 1 is 1.24 bits per heavy atom. The molecule has 10 nitrogen and oxygen atoms in total. The molecule has 10 heteroatoms. The lowest BCUT2D eigenvalue weighted by molar-refractivity contribution is -0.139. The fourth-order valence-corrected chi connectivity index (χ4v) is 1.98. The molecule has 0 radical (unpaired) electrons. The number of hydrogen-bond donors (Lipinski definition) is 5. The summed E-state index contributed by atoms with van der Waals surface area (Å²) in [4.78, 5) is 23.2. The van der Waals surface area contributed by atoms with Crippen LogP contribution in [0.25, 0.3) is 0 Å². The van der Waals surface area contributed by atoms with Crippen LogP contribution in [0.3, 0.4) is 0 Å². The van der Waals surface area contributed by atoms with Crippen molar-refractivity contribution in [1.82, 2.24) is 20.8 Å². The first kappa shape index (κ1) is 18.4. The third-order valence-electron chi connectivity index (χ3n) is 3.28. The molecule has 2 atom stereocenters. The van der Waals surface area contributed by atoms with E-state index in [2.05, 4.69) is 20.8 Å². The molecule has 0 aliphatic heterocycles. The number of benzene rings is 1. The molecule has 0 spiro atoms. The Morgan fingerprint density at radius 2 is 1.96 bits per heavy atom. The summed E-state index contributed by atoms with van der Waals surface area (Å²) in [5.41, 5.74) is 6.31. The summed E-state index contributed by atoms with van der Waals surface area (Å²) in [6.07, 6.45) is 0.152. The molecule has 134 valence electrons. The van der Waals surface area contributed by atoms with Gasteiger partial charge in [0.15, 0.2) is 0 Å². The highest BCUT2D eigenvalue weighted by Gasteiger charge is 2.21. The maximum atomic E-state index is 11.9. The predicted molar refractivity (Wildman–Crippen MR) is 85.3 cm³/mol. The minimum atomic E-state index is -1.15. The Bertz CT molecular complexity index is 705. The number of hydrogen-bond acceptors (Lipinski definition) is 7. The van der Waals surface area contributed by atoms with E-state index in [0.717, 1.165) is 5.56 Å². The van der Waals surface area contributed by atoms with Gasteiger partial charge in [-0.2, -0.15) is 0 Å². The maximum absolute atomic E-state index is 11.9. The number of carbonyl (C=O) groups is 2. The number of nitrogens with zero attached hydrogens (tertiary/aromatic N) is 2. The summed E-state index contributed by atoms with van der Waals surface area (Å²) in [5, 5.41) is 30.3. The highest BCUT2D eigenvalue weighted by atomic mass is 16.4. The molecule has 0 fully saturated rings. The number of carboxylic acid groups (broad SMARTS) is 1. The second-order valence-electron chi connectivity index (χ2n) is 5.23. The van der Waals surface area contributed by atoms with Gasteiger partial charge in [-0.15, -0.1) is 10.2 Å². The number of urea groups is 1. The molecule has 25 heavy (non-hydrogen) atoms. The fourth-order valence-electron chi connectivity index (χ4n) is 1.98. The maximum Gasteiger partial charge on any atom is 0.326 e. The lowest BCUT2D eigenvalue weighted by atomic mass is 10.1. The van der Waals surface area contributed by atoms with Gasteiger partial charge in [0.2, 0.25) is 11.8 Å². The summed E-state index contributed by atoms with van der Waals surface area (Å²) in [7, 11) is 0. The molecule has 0 aliphatic carbocycles. The first-order chi connectivity index (χ1) is 12.0. The Hall–Kier alpha value is -2.98. The minimum Gasteiger partial charge on any atom is -0.480 e. The van der Waals surface area contributed by atoms with Crippen molar-refractivity contribution in [2.24, 2.45) is 5.73 Å². The lowest BCUT2D eigenvalue weighted by Crippen LogP contribution is -2.46. The largest absolute Gasteiger partial charge is 0.480 e. The van der Waals surface area contributed by atoms with E-state index < -0.39 is 24.1 Å². The molecule has 0 bridgehead atoms. The van der Waals surface area contributed by atoms with E-state index in [1.165, 1.54) is 0 Å². The Kier molecular flexibility index (Phi) is 6.43.